The van der Waals surface area contributed by atoms with Gasteiger partial charge in [0.2, 0.25) is 0 Å². The number of nitrogens with zero attached hydrogens (tertiary/aromatic N) is 1. The minimum atomic E-state index is -0.425. The van der Waals surface area contributed by atoms with Crippen molar-refractivity contribution in [2.75, 3.05) is 25.6 Å². The van der Waals surface area contributed by atoms with E-state index >= 15 is 0 Å². The van der Waals surface area contributed by atoms with E-state index in [2.05, 4.69) is 15.0 Å². The lowest BCUT2D eigenvalue weighted by molar-refractivity contribution is 0.0594. The number of anilines is 1. The molecule has 17 heavy (non-hydrogen) atoms. The Balaban J connectivity index is 1.93. The van der Waals surface area contributed by atoms with Crippen LogP contribution in [0.4, 0.5) is 5.69 Å². The van der Waals surface area contributed by atoms with Crippen LogP contribution in [0.15, 0.2) is 18.3 Å². The molecule has 1 aromatic heterocycles. The van der Waals surface area contributed by atoms with E-state index in [1.807, 2.05) is 6.07 Å². The summed E-state index contributed by atoms with van der Waals surface area (Å²) in [6.07, 6.45) is 4.06. The van der Waals surface area contributed by atoms with Gasteiger partial charge in [0.25, 0.3) is 0 Å². The average molecular weight is 236 g/mol. The topological polar surface area (TPSA) is 60.5 Å². The molecule has 92 valence electrons. The molecule has 2 rings (SSSR count). The Kier molecular flexibility index (Phi) is 3.93. The summed E-state index contributed by atoms with van der Waals surface area (Å²) >= 11 is 0. The van der Waals surface area contributed by atoms with Crippen molar-refractivity contribution in [2.45, 2.75) is 18.9 Å². The third-order valence-electron chi connectivity index (χ3n) is 2.71. The Hall–Kier alpha value is -1.62. The second kappa shape index (κ2) is 5.63. The van der Waals surface area contributed by atoms with Gasteiger partial charge in [0, 0.05) is 25.0 Å². The number of carbonyl (C=O) groups excluding carboxylic acids is 1. The minimum Gasteiger partial charge on any atom is -0.464 e. The third-order valence-corrected chi connectivity index (χ3v) is 2.71. The predicted octanol–water partition coefficient (Wildman–Crippen LogP) is 1.46. The average Bonchev–Trinajstić information content (AvgIpc) is 2.89. The molecule has 0 aromatic carbocycles. The summed E-state index contributed by atoms with van der Waals surface area (Å²) in [7, 11) is 1.34. The van der Waals surface area contributed by atoms with E-state index in [9.17, 15) is 4.79 Å². The molecule has 1 atom stereocenters. The first kappa shape index (κ1) is 11.9. The molecule has 0 bridgehead atoms. The van der Waals surface area contributed by atoms with Crippen LogP contribution in [-0.2, 0) is 9.47 Å². The maximum absolute atomic E-state index is 11.3. The molecular weight excluding hydrogens is 220 g/mol. The zero-order valence-corrected chi connectivity index (χ0v) is 9.81. The van der Waals surface area contributed by atoms with Gasteiger partial charge < -0.3 is 14.8 Å². The smallest absolute Gasteiger partial charge is 0.356 e. The number of methoxy groups -OCH3 is 1. The van der Waals surface area contributed by atoms with E-state index in [0.717, 1.165) is 31.7 Å². The molecule has 2 heterocycles. The summed E-state index contributed by atoms with van der Waals surface area (Å²) in [5.74, 6) is -0.425. The lowest BCUT2D eigenvalue weighted by atomic mass is 10.2. The van der Waals surface area contributed by atoms with Crippen molar-refractivity contribution >= 4 is 11.7 Å². The summed E-state index contributed by atoms with van der Waals surface area (Å²) < 4.78 is 10.1. The zero-order chi connectivity index (χ0) is 12.1. The van der Waals surface area contributed by atoms with Crippen molar-refractivity contribution in [3.05, 3.63) is 24.0 Å². The SMILES string of the molecule is COC(=O)c1cc(NCC2CCCO2)ccn1. The van der Waals surface area contributed by atoms with Gasteiger partial charge in [0.05, 0.1) is 13.2 Å². The molecule has 1 aromatic rings. The summed E-state index contributed by atoms with van der Waals surface area (Å²) in [6, 6.07) is 3.50. The Bertz CT molecular complexity index is 389. The number of nitrogens with one attached hydrogen (secondary N) is 1. The van der Waals surface area contributed by atoms with E-state index in [1.54, 1.807) is 12.3 Å². The standard InChI is InChI=1S/C12H16N2O3/c1-16-12(15)11-7-9(4-5-13-11)14-8-10-3-2-6-17-10/h4-5,7,10H,2-3,6,8H2,1H3,(H,13,14). The number of hydrogen-bond donors (Lipinski definition) is 1. The Morgan fingerprint density at radius 2 is 2.59 bits per heavy atom. The number of ether oxygens (including phenoxy) is 2. The molecule has 1 aliphatic heterocycles. The lowest BCUT2D eigenvalue weighted by Gasteiger charge is -2.12. The maximum Gasteiger partial charge on any atom is 0.356 e. The van der Waals surface area contributed by atoms with Crippen LogP contribution in [0.25, 0.3) is 0 Å². The van der Waals surface area contributed by atoms with Crippen LogP contribution in [0.3, 0.4) is 0 Å². The second-order valence-corrected chi connectivity index (χ2v) is 3.94. The minimum absolute atomic E-state index is 0.268. The molecule has 5 nitrogen and oxygen atoms in total. The number of carbonyl (C=O) groups is 1. The van der Waals surface area contributed by atoms with Crippen LogP contribution in [0, 0.1) is 0 Å². The fourth-order valence-corrected chi connectivity index (χ4v) is 1.79. The number of esters is 1. The molecule has 0 aliphatic carbocycles. The summed E-state index contributed by atoms with van der Waals surface area (Å²) in [5, 5.41) is 3.23. The first-order valence-corrected chi connectivity index (χ1v) is 5.69. The van der Waals surface area contributed by atoms with Gasteiger partial charge in [-0.3, -0.25) is 0 Å². The Morgan fingerprint density at radius 3 is 3.29 bits per heavy atom. The van der Waals surface area contributed by atoms with Gasteiger partial charge in [-0.1, -0.05) is 0 Å². The van der Waals surface area contributed by atoms with Crippen LogP contribution >= 0.6 is 0 Å². The van der Waals surface area contributed by atoms with Crippen LogP contribution in [0.2, 0.25) is 0 Å². The zero-order valence-electron chi connectivity index (χ0n) is 9.81. The van der Waals surface area contributed by atoms with Gasteiger partial charge in [0.15, 0.2) is 0 Å². The van der Waals surface area contributed by atoms with E-state index in [0.29, 0.717) is 5.69 Å². The van der Waals surface area contributed by atoms with Crippen LogP contribution in [-0.4, -0.2) is 37.3 Å². The Morgan fingerprint density at radius 1 is 1.71 bits per heavy atom. The van der Waals surface area contributed by atoms with E-state index < -0.39 is 5.97 Å². The van der Waals surface area contributed by atoms with Crippen molar-refractivity contribution < 1.29 is 14.3 Å². The lowest BCUT2D eigenvalue weighted by Crippen LogP contribution is -2.18. The van der Waals surface area contributed by atoms with Gasteiger partial charge >= 0.3 is 5.97 Å². The number of aromatic nitrogens is 1. The van der Waals surface area contributed by atoms with Crippen molar-refractivity contribution in [1.82, 2.24) is 4.98 Å². The first-order chi connectivity index (χ1) is 8.29. The monoisotopic (exact) mass is 236 g/mol. The predicted molar refractivity (Wildman–Crippen MR) is 63.0 cm³/mol. The first-order valence-electron chi connectivity index (χ1n) is 5.69. The third kappa shape index (κ3) is 3.17. The van der Waals surface area contributed by atoms with E-state index in [1.165, 1.54) is 7.11 Å². The molecule has 0 amide bonds. The largest absolute Gasteiger partial charge is 0.464 e. The molecule has 5 heteroatoms. The van der Waals surface area contributed by atoms with Crippen molar-refractivity contribution in [2.24, 2.45) is 0 Å². The highest BCUT2D eigenvalue weighted by Gasteiger charge is 2.15. The molecule has 1 N–H and O–H groups in total. The molecule has 1 saturated heterocycles. The molecule has 1 aliphatic rings. The number of pyridine rings is 1. The quantitative estimate of drug-likeness (QED) is 0.802. The van der Waals surface area contributed by atoms with Crippen LogP contribution in [0.5, 0.6) is 0 Å². The van der Waals surface area contributed by atoms with Crippen molar-refractivity contribution in [1.29, 1.82) is 0 Å². The van der Waals surface area contributed by atoms with Gasteiger partial charge in [-0.15, -0.1) is 0 Å². The van der Waals surface area contributed by atoms with Gasteiger partial charge in [-0.05, 0) is 25.0 Å². The Labute approximate surface area is 100 Å². The van der Waals surface area contributed by atoms with Crippen molar-refractivity contribution in [3.63, 3.8) is 0 Å². The fraction of sp³-hybridized carbons (Fsp3) is 0.500. The fourth-order valence-electron chi connectivity index (χ4n) is 1.79. The van der Waals surface area contributed by atoms with Crippen molar-refractivity contribution in [3.8, 4) is 0 Å². The van der Waals surface area contributed by atoms with Gasteiger partial charge in [0.1, 0.15) is 5.69 Å². The summed E-state index contributed by atoms with van der Waals surface area (Å²) in [4.78, 5) is 15.2. The number of hydrogen-bond acceptors (Lipinski definition) is 5. The highest BCUT2D eigenvalue weighted by atomic mass is 16.5. The summed E-state index contributed by atoms with van der Waals surface area (Å²) in [5.41, 5.74) is 1.17. The molecule has 1 fully saturated rings. The van der Waals surface area contributed by atoms with Crippen LogP contribution in [0.1, 0.15) is 23.3 Å². The summed E-state index contributed by atoms with van der Waals surface area (Å²) in [6.45, 7) is 1.60. The normalized spacial score (nSPS) is 19.0. The van der Waals surface area contributed by atoms with Gasteiger partial charge in [-0.2, -0.15) is 0 Å². The molecular formula is C12H16N2O3. The second-order valence-electron chi connectivity index (χ2n) is 3.94. The highest BCUT2D eigenvalue weighted by molar-refractivity contribution is 5.88. The number of rotatable bonds is 4. The van der Waals surface area contributed by atoms with Crippen LogP contribution < -0.4 is 5.32 Å². The molecule has 0 spiro atoms. The maximum atomic E-state index is 11.3. The van der Waals surface area contributed by atoms with E-state index in [4.69, 9.17) is 4.74 Å². The molecule has 1 unspecified atom stereocenters. The molecule has 0 radical (unpaired) electrons. The van der Waals surface area contributed by atoms with Gasteiger partial charge in [-0.25, -0.2) is 9.78 Å². The highest BCUT2D eigenvalue weighted by Crippen LogP contribution is 2.14. The molecule has 0 saturated carbocycles. The van der Waals surface area contributed by atoms with E-state index in [-0.39, 0.29) is 6.10 Å².